The molecule has 0 radical (unpaired) electrons. The molecule has 1 saturated heterocycles. The van der Waals surface area contributed by atoms with Crippen molar-refractivity contribution in [1.29, 1.82) is 0 Å². The van der Waals surface area contributed by atoms with E-state index in [0.717, 1.165) is 0 Å². The van der Waals surface area contributed by atoms with Crippen molar-refractivity contribution in [3.63, 3.8) is 0 Å². The maximum absolute atomic E-state index is 15.0. The van der Waals surface area contributed by atoms with Crippen LogP contribution < -0.4 is 10.1 Å². The molecule has 0 bridgehead atoms. The van der Waals surface area contributed by atoms with Crippen LogP contribution in [0.2, 0.25) is 10.0 Å². The lowest BCUT2D eigenvalue weighted by Crippen LogP contribution is -2.49. The number of carbonyl (C=O) groups excluding carboxylic acids is 1. The molecule has 0 saturated carbocycles. The van der Waals surface area contributed by atoms with Crippen LogP contribution in [0.1, 0.15) is 23.2 Å². The van der Waals surface area contributed by atoms with Crippen molar-refractivity contribution in [3.8, 4) is 5.75 Å². The molecule has 0 aliphatic carbocycles. The molecule has 1 aliphatic rings. The van der Waals surface area contributed by atoms with Crippen LogP contribution in [0.4, 0.5) is 8.78 Å². The van der Waals surface area contributed by atoms with E-state index < -0.39 is 5.67 Å². The van der Waals surface area contributed by atoms with Gasteiger partial charge in [-0.15, -0.1) is 0 Å². The number of benzene rings is 2. The molecule has 156 valence electrons. The SMILES string of the molecule is O=C(c1ccc(Cl)c(Cl)c1)N1CCC(F)(CNCCOc2cccc(F)c2)CC1. The van der Waals surface area contributed by atoms with E-state index in [9.17, 15) is 9.18 Å². The molecule has 2 aromatic carbocycles. The molecule has 1 heterocycles. The average molecular weight is 443 g/mol. The van der Waals surface area contributed by atoms with Gasteiger partial charge in [0.1, 0.15) is 23.8 Å². The van der Waals surface area contributed by atoms with Crippen LogP contribution in [0.3, 0.4) is 0 Å². The highest BCUT2D eigenvalue weighted by atomic mass is 35.5. The van der Waals surface area contributed by atoms with Crippen LogP contribution in [-0.4, -0.2) is 49.3 Å². The highest BCUT2D eigenvalue weighted by Gasteiger charge is 2.35. The summed E-state index contributed by atoms with van der Waals surface area (Å²) >= 11 is 11.9. The predicted molar refractivity (Wildman–Crippen MR) is 110 cm³/mol. The summed E-state index contributed by atoms with van der Waals surface area (Å²) < 4.78 is 33.5. The lowest BCUT2D eigenvalue weighted by atomic mass is 9.93. The van der Waals surface area contributed by atoms with Crippen molar-refractivity contribution in [2.24, 2.45) is 0 Å². The van der Waals surface area contributed by atoms with Gasteiger partial charge in [0.05, 0.1) is 10.0 Å². The second-order valence-electron chi connectivity index (χ2n) is 7.05. The number of ether oxygens (including phenoxy) is 1. The van der Waals surface area contributed by atoms with Crippen LogP contribution in [0.15, 0.2) is 42.5 Å². The van der Waals surface area contributed by atoms with Crippen LogP contribution in [0.25, 0.3) is 0 Å². The highest BCUT2D eigenvalue weighted by Crippen LogP contribution is 2.28. The molecule has 29 heavy (non-hydrogen) atoms. The summed E-state index contributed by atoms with van der Waals surface area (Å²) in [5.74, 6) is -0.0988. The molecule has 3 rings (SSSR count). The third kappa shape index (κ3) is 6.04. The summed E-state index contributed by atoms with van der Waals surface area (Å²) in [6, 6.07) is 10.6. The van der Waals surface area contributed by atoms with E-state index in [-0.39, 0.29) is 31.1 Å². The van der Waals surface area contributed by atoms with Gasteiger partial charge in [-0.05, 0) is 30.3 Å². The molecule has 4 nitrogen and oxygen atoms in total. The van der Waals surface area contributed by atoms with Crippen LogP contribution in [0.5, 0.6) is 5.75 Å². The monoisotopic (exact) mass is 442 g/mol. The summed E-state index contributed by atoms with van der Waals surface area (Å²) in [4.78, 5) is 14.2. The molecule has 1 amide bonds. The smallest absolute Gasteiger partial charge is 0.253 e. The van der Waals surface area contributed by atoms with Gasteiger partial charge >= 0.3 is 0 Å². The standard InChI is InChI=1S/C21H22Cl2F2N2O2/c22-18-5-4-15(12-19(18)23)20(28)27-9-6-21(25,7-10-27)14-26-8-11-29-17-3-1-2-16(24)13-17/h1-5,12-13,26H,6-11,14H2. The topological polar surface area (TPSA) is 41.6 Å². The Hall–Kier alpha value is -1.89. The Labute approximate surface area is 178 Å². The third-order valence-corrected chi connectivity index (χ3v) is 5.64. The first kappa shape index (κ1) is 21.8. The maximum Gasteiger partial charge on any atom is 0.253 e. The van der Waals surface area contributed by atoms with Gasteiger partial charge in [0, 0.05) is 50.7 Å². The number of piperidine rings is 1. The molecule has 0 atom stereocenters. The van der Waals surface area contributed by atoms with Crippen molar-refractivity contribution in [1.82, 2.24) is 10.2 Å². The van der Waals surface area contributed by atoms with Gasteiger partial charge in [0.25, 0.3) is 5.91 Å². The lowest BCUT2D eigenvalue weighted by molar-refractivity contribution is 0.0433. The number of hydrogen-bond acceptors (Lipinski definition) is 3. The van der Waals surface area contributed by atoms with Crippen molar-refractivity contribution in [2.75, 3.05) is 32.8 Å². The largest absolute Gasteiger partial charge is 0.492 e. The Morgan fingerprint density at radius 2 is 1.90 bits per heavy atom. The first-order chi connectivity index (χ1) is 13.9. The average Bonchev–Trinajstić information content (AvgIpc) is 2.70. The molecule has 1 N–H and O–H groups in total. The number of carbonyl (C=O) groups is 1. The molecule has 8 heteroatoms. The van der Waals surface area contributed by atoms with Gasteiger partial charge in [0.2, 0.25) is 0 Å². The van der Waals surface area contributed by atoms with E-state index in [0.29, 0.717) is 47.6 Å². The zero-order valence-electron chi connectivity index (χ0n) is 15.8. The summed E-state index contributed by atoms with van der Waals surface area (Å²) in [5, 5.41) is 3.75. The molecule has 1 fully saturated rings. The Morgan fingerprint density at radius 3 is 2.59 bits per heavy atom. The predicted octanol–water partition coefficient (Wildman–Crippen LogP) is 4.75. The number of likely N-dealkylation sites (tertiary alicyclic amines) is 1. The molecule has 2 aromatic rings. The minimum atomic E-state index is -1.38. The number of rotatable bonds is 7. The first-order valence-electron chi connectivity index (χ1n) is 9.39. The number of hydrogen-bond donors (Lipinski definition) is 1. The minimum absolute atomic E-state index is 0.175. The fraction of sp³-hybridized carbons (Fsp3) is 0.381. The molecule has 0 aromatic heterocycles. The van der Waals surface area contributed by atoms with Gasteiger partial charge < -0.3 is 15.0 Å². The number of nitrogens with one attached hydrogen (secondary N) is 1. The van der Waals surface area contributed by atoms with E-state index >= 15 is 4.39 Å². The van der Waals surface area contributed by atoms with Crippen LogP contribution in [0, 0.1) is 5.82 Å². The molecular formula is C21H22Cl2F2N2O2. The van der Waals surface area contributed by atoms with Gasteiger partial charge in [-0.1, -0.05) is 29.3 Å². The highest BCUT2D eigenvalue weighted by molar-refractivity contribution is 6.42. The minimum Gasteiger partial charge on any atom is -0.492 e. The summed E-state index contributed by atoms with van der Waals surface area (Å²) in [6.45, 7) is 1.58. The summed E-state index contributed by atoms with van der Waals surface area (Å²) in [7, 11) is 0. The van der Waals surface area contributed by atoms with E-state index in [2.05, 4.69) is 5.32 Å². The Morgan fingerprint density at radius 1 is 1.14 bits per heavy atom. The third-order valence-electron chi connectivity index (χ3n) is 4.90. The fourth-order valence-electron chi connectivity index (χ4n) is 3.21. The van der Waals surface area contributed by atoms with E-state index in [1.165, 1.54) is 18.2 Å². The van der Waals surface area contributed by atoms with Crippen molar-refractivity contribution in [2.45, 2.75) is 18.5 Å². The zero-order valence-corrected chi connectivity index (χ0v) is 17.3. The fourth-order valence-corrected chi connectivity index (χ4v) is 3.51. The van der Waals surface area contributed by atoms with Crippen molar-refractivity contribution >= 4 is 29.1 Å². The number of amides is 1. The Bertz CT molecular complexity index is 858. The maximum atomic E-state index is 15.0. The normalized spacial score (nSPS) is 15.9. The van der Waals surface area contributed by atoms with Crippen LogP contribution >= 0.6 is 23.2 Å². The molecule has 1 aliphatic heterocycles. The Balaban J connectivity index is 1.40. The van der Waals surface area contributed by atoms with Crippen LogP contribution in [-0.2, 0) is 0 Å². The number of halogens is 4. The number of nitrogens with zero attached hydrogens (tertiary/aromatic N) is 1. The zero-order chi connectivity index (χ0) is 20.9. The van der Waals surface area contributed by atoms with Crippen molar-refractivity contribution < 1.29 is 18.3 Å². The Kier molecular flexibility index (Phi) is 7.33. The quantitative estimate of drug-likeness (QED) is 0.629. The van der Waals surface area contributed by atoms with Gasteiger partial charge in [-0.3, -0.25) is 4.79 Å². The van der Waals surface area contributed by atoms with Gasteiger partial charge in [0.15, 0.2) is 0 Å². The molecular weight excluding hydrogens is 421 g/mol. The molecule has 0 unspecified atom stereocenters. The van der Waals surface area contributed by atoms with E-state index in [1.807, 2.05) is 0 Å². The molecule has 0 spiro atoms. The summed E-state index contributed by atoms with van der Waals surface area (Å²) in [5.41, 5.74) is -0.939. The number of alkyl halides is 1. The second-order valence-corrected chi connectivity index (χ2v) is 7.87. The second kappa shape index (κ2) is 9.74. The van der Waals surface area contributed by atoms with E-state index in [4.69, 9.17) is 27.9 Å². The van der Waals surface area contributed by atoms with Gasteiger partial charge in [-0.2, -0.15) is 0 Å². The first-order valence-corrected chi connectivity index (χ1v) is 10.1. The summed E-state index contributed by atoms with van der Waals surface area (Å²) in [6.07, 6.45) is 0.496. The van der Waals surface area contributed by atoms with Gasteiger partial charge in [-0.25, -0.2) is 8.78 Å². The van der Waals surface area contributed by atoms with Crippen molar-refractivity contribution in [3.05, 3.63) is 63.9 Å². The lowest BCUT2D eigenvalue weighted by Gasteiger charge is -2.36. The van der Waals surface area contributed by atoms with E-state index in [1.54, 1.807) is 29.2 Å².